The molecule has 3 rings (SSSR count). The quantitative estimate of drug-likeness (QED) is 0.538. The van der Waals surface area contributed by atoms with Crippen LogP contribution < -0.4 is 10.1 Å². The molecule has 1 aromatic heterocycles. The van der Waals surface area contributed by atoms with Gasteiger partial charge in [-0.15, -0.1) is 0 Å². The molecule has 0 aliphatic rings. The van der Waals surface area contributed by atoms with Crippen LogP contribution in [0.25, 0.3) is 0 Å². The van der Waals surface area contributed by atoms with Crippen LogP contribution >= 0.6 is 0 Å². The second kappa shape index (κ2) is 7.22. The lowest BCUT2D eigenvalue weighted by molar-refractivity contribution is -0.384. The maximum absolute atomic E-state index is 13.4. The average molecular weight is 356 g/mol. The summed E-state index contributed by atoms with van der Waals surface area (Å²) in [6.07, 6.45) is 3.43. The number of methoxy groups -OCH3 is 1. The number of aromatic nitrogens is 2. The van der Waals surface area contributed by atoms with Crippen molar-refractivity contribution in [1.29, 1.82) is 0 Å². The van der Waals surface area contributed by atoms with Gasteiger partial charge in [0.2, 0.25) is 0 Å². The van der Waals surface area contributed by atoms with Crippen molar-refractivity contribution in [1.82, 2.24) is 9.55 Å². The first kappa shape index (κ1) is 17.4. The zero-order valence-electron chi connectivity index (χ0n) is 14.2. The van der Waals surface area contributed by atoms with Gasteiger partial charge in [0.05, 0.1) is 18.1 Å². The van der Waals surface area contributed by atoms with Crippen LogP contribution in [0.3, 0.4) is 0 Å². The van der Waals surface area contributed by atoms with E-state index in [9.17, 15) is 14.5 Å². The molecule has 7 nitrogen and oxygen atoms in total. The number of benzene rings is 2. The molecule has 1 N–H and O–H groups in total. The number of halogens is 1. The number of rotatable bonds is 6. The van der Waals surface area contributed by atoms with Crippen LogP contribution in [-0.2, 0) is 7.05 Å². The number of hydrogen-bond donors (Lipinski definition) is 1. The third kappa shape index (κ3) is 3.49. The van der Waals surface area contributed by atoms with E-state index in [-0.39, 0.29) is 11.4 Å². The van der Waals surface area contributed by atoms with E-state index in [2.05, 4.69) is 10.3 Å². The van der Waals surface area contributed by atoms with Crippen LogP contribution in [0.2, 0.25) is 0 Å². The Morgan fingerprint density at radius 2 is 2.00 bits per heavy atom. The monoisotopic (exact) mass is 356 g/mol. The molecule has 8 heteroatoms. The van der Waals surface area contributed by atoms with Crippen molar-refractivity contribution < 1.29 is 14.1 Å². The number of ether oxygens (including phenoxy) is 1. The topological polar surface area (TPSA) is 82.2 Å². The Morgan fingerprint density at radius 1 is 1.27 bits per heavy atom. The number of nitro groups is 1. The van der Waals surface area contributed by atoms with Gasteiger partial charge in [-0.25, -0.2) is 9.37 Å². The Kier molecular flexibility index (Phi) is 4.83. The van der Waals surface area contributed by atoms with Crippen molar-refractivity contribution in [2.75, 3.05) is 12.4 Å². The molecule has 0 bridgehead atoms. The minimum absolute atomic E-state index is 0.209. The first-order valence-corrected chi connectivity index (χ1v) is 7.81. The minimum atomic E-state index is -0.666. The molecule has 0 saturated carbocycles. The summed E-state index contributed by atoms with van der Waals surface area (Å²) in [6.45, 7) is 0. The Labute approximate surface area is 149 Å². The van der Waals surface area contributed by atoms with Crippen molar-refractivity contribution in [3.05, 3.63) is 82.2 Å². The summed E-state index contributed by atoms with van der Waals surface area (Å²) in [4.78, 5) is 15.0. The number of anilines is 1. The average Bonchev–Trinajstić information content (AvgIpc) is 3.06. The second-order valence-corrected chi connectivity index (χ2v) is 5.67. The lowest BCUT2D eigenvalue weighted by Crippen LogP contribution is -2.17. The minimum Gasteiger partial charge on any atom is -0.497 e. The molecule has 0 spiro atoms. The normalized spacial score (nSPS) is 11.8. The highest BCUT2D eigenvalue weighted by molar-refractivity contribution is 5.63. The van der Waals surface area contributed by atoms with Crippen molar-refractivity contribution >= 4 is 11.4 Å². The Hall–Kier alpha value is -3.42. The molecule has 0 aliphatic carbocycles. The van der Waals surface area contributed by atoms with Crippen molar-refractivity contribution in [3.63, 3.8) is 0 Å². The van der Waals surface area contributed by atoms with Gasteiger partial charge in [-0.05, 0) is 29.8 Å². The highest BCUT2D eigenvalue weighted by Gasteiger charge is 2.23. The van der Waals surface area contributed by atoms with E-state index in [1.54, 1.807) is 31.6 Å². The van der Waals surface area contributed by atoms with Crippen molar-refractivity contribution in [3.8, 4) is 5.75 Å². The first-order valence-electron chi connectivity index (χ1n) is 7.81. The summed E-state index contributed by atoms with van der Waals surface area (Å²) in [5, 5.41) is 14.4. The standard InChI is InChI=1S/C18H17FN4O3/c1-22-10-9-20-18(22)17(12-3-6-14(26-2)7-4-12)21-15-8-5-13(19)11-16(15)23(24)25/h3-11,17,21H,1-2H3. The fourth-order valence-electron chi connectivity index (χ4n) is 2.68. The van der Waals surface area contributed by atoms with Gasteiger partial charge in [-0.3, -0.25) is 10.1 Å². The fourth-order valence-corrected chi connectivity index (χ4v) is 2.68. The summed E-state index contributed by atoms with van der Waals surface area (Å²) in [5.74, 6) is 0.689. The molecule has 1 heterocycles. The Balaban J connectivity index is 2.05. The third-order valence-electron chi connectivity index (χ3n) is 4.02. The van der Waals surface area contributed by atoms with E-state index in [0.717, 1.165) is 11.6 Å². The lowest BCUT2D eigenvalue weighted by Gasteiger charge is -2.20. The first-order chi connectivity index (χ1) is 12.5. The van der Waals surface area contributed by atoms with Crippen LogP contribution in [0.5, 0.6) is 5.75 Å². The molecule has 1 unspecified atom stereocenters. The predicted molar refractivity (Wildman–Crippen MR) is 94.7 cm³/mol. The third-order valence-corrected chi connectivity index (χ3v) is 4.02. The lowest BCUT2D eigenvalue weighted by atomic mass is 10.0. The summed E-state index contributed by atoms with van der Waals surface area (Å²) in [7, 11) is 3.41. The Bertz CT molecular complexity index is 924. The largest absolute Gasteiger partial charge is 0.497 e. The predicted octanol–water partition coefficient (Wildman–Crippen LogP) is 3.68. The summed E-state index contributed by atoms with van der Waals surface area (Å²) < 4.78 is 20.4. The molecule has 3 aromatic rings. The highest BCUT2D eigenvalue weighted by Crippen LogP contribution is 2.32. The van der Waals surface area contributed by atoms with Gasteiger partial charge in [-0.2, -0.15) is 0 Å². The number of nitrogens with one attached hydrogen (secondary N) is 1. The highest BCUT2D eigenvalue weighted by atomic mass is 19.1. The number of nitrogens with zero attached hydrogens (tertiary/aromatic N) is 3. The molecular weight excluding hydrogens is 339 g/mol. The van der Waals surface area contributed by atoms with Gasteiger partial charge in [0, 0.05) is 19.4 Å². The molecular formula is C18H17FN4O3. The van der Waals surface area contributed by atoms with Crippen LogP contribution in [0.1, 0.15) is 17.4 Å². The number of aryl methyl sites for hydroxylation is 1. The van der Waals surface area contributed by atoms with E-state index in [1.165, 1.54) is 12.1 Å². The number of imidazole rings is 1. The van der Waals surface area contributed by atoms with E-state index in [1.807, 2.05) is 23.7 Å². The molecule has 2 aromatic carbocycles. The molecule has 26 heavy (non-hydrogen) atoms. The maximum atomic E-state index is 13.4. The maximum Gasteiger partial charge on any atom is 0.295 e. The van der Waals surface area contributed by atoms with Gasteiger partial charge in [0.25, 0.3) is 5.69 Å². The van der Waals surface area contributed by atoms with E-state index in [0.29, 0.717) is 11.6 Å². The number of nitro benzene ring substituents is 1. The molecule has 0 aliphatic heterocycles. The Morgan fingerprint density at radius 3 is 2.58 bits per heavy atom. The summed E-state index contributed by atoms with van der Waals surface area (Å²) in [6, 6.07) is 10.3. The van der Waals surface area contributed by atoms with Crippen LogP contribution in [0.4, 0.5) is 15.8 Å². The molecule has 0 radical (unpaired) electrons. The smallest absolute Gasteiger partial charge is 0.295 e. The van der Waals surface area contributed by atoms with Gasteiger partial charge in [0.1, 0.15) is 29.1 Å². The van der Waals surface area contributed by atoms with Gasteiger partial charge >= 0.3 is 0 Å². The molecule has 0 fully saturated rings. The van der Waals surface area contributed by atoms with Gasteiger partial charge in [0.15, 0.2) is 0 Å². The molecule has 0 saturated heterocycles. The van der Waals surface area contributed by atoms with E-state index in [4.69, 9.17) is 4.74 Å². The fraction of sp³-hybridized carbons (Fsp3) is 0.167. The van der Waals surface area contributed by atoms with Crippen molar-refractivity contribution in [2.24, 2.45) is 7.05 Å². The van der Waals surface area contributed by atoms with Crippen LogP contribution in [0, 0.1) is 15.9 Å². The van der Waals surface area contributed by atoms with Crippen molar-refractivity contribution in [2.45, 2.75) is 6.04 Å². The van der Waals surface area contributed by atoms with E-state index >= 15 is 0 Å². The molecule has 0 amide bonds. The SMILES string of the molecule is COc1ccc(C(Nc2ccc(F)cc2[N+](=O)[O-])c2nccn2C)cc1. The van der Waals surface area contributed by atoms with Gasteiger partial charge in [-0.1, -0.05) is 12.1 Å². The zero-order chi connectivity index (χ0) is 18.7. The number of hydrogen-bond acceptors (Lipinski definition) is 5. The summed E-state index contributed by atoms with van der Waals surface area (Å²) >= 11 is 0. The molecule has 1 atom stereocenters. The molecule has 134 valence electrons. The van der Waals surface area contributed by atoms with Crippen LogP contribution in [-0.4, -0.2) is 21.6 Å². The van der Waals surface area contributed by atoms with Gasteiger partial charge < -0.3 is 14.6 Å². The zero-order valence-corrected chi connectivity index (χ0v) is 14.2. The van der Waals surface area contributed by atoms with E-state index < -0.39 is 16.8 Å². The second-order valence-electron chi connectivity index (χ2n) is 5.67. The van der Waals surface area contributed by atoms with Crippen LogP contribution in [0.15, 0.2) is 54.9 Å². The summed E-state index contributed by atoms with van der Waals surface area (Å²) in [5.41, 5.74) is 0.705.